The van der Waals surface area contributed by atoms with Crippen molar-refractivity contribution < 1.29 is 9.31 Å². The van der Waals surface area contributed by atoms with Crippen molar-refractivity contribution in [3.63, 3.8) is 0 Å². The van der Waals surface area contributed by atoms with Gasteiger partial charge in [0.15, 0.2) is 0 Å². The van der Waals surface area contributed by atoms with Gasteiger partial charge in [0.2, 0.25) is 5.56 Å². The minimum absolute atomic E-state index is 0.0833. The molecule has 0 N–H and O–H groups in total. The molecule has 1 aromatic rings. The lowest BCUT2D eigenvalue weighted by Crippen LogP contribution is -2.37. The lowest BCUT2D eigenvalue weighted by atomic mass is 9.80. The maximum atomic E-state index is 11.5. The number of rotatable bonds is 1. The molecule has 0 saturated carbocycles. The zero-order valence-corrected chi connectivity index (χ0v) is 9.69. The molecule has 16 heavy (non-hydrogen) atoms. The van der Waals surface area contributed by atoms with Crippen LogP contribution in [0.15, 0.2) is 35.5 Å². The number of hydrogen-bond acceptors (Lipinski definition) is 3. The molecule has 2 rings (SSSR count). The predicted octanol–water partition coefficient (Wildman–Crippen LogP) is 0.420. The topological polar surface area (TPSA) is 40.5 Å². The molecule has 0 amide bonds. The molecule has 0 aromatic carbocycles. The predicted molar refractivity (Wildman–Crippen MR) is 62.5 cm³/mol. The van der Waals surface area contributed by atoms with Crippen molar-refractivity contribution in [2.75, 3.05) is 0 Å². The maximum Gasteiger partial charge on any atom is 0.563 e. The first-order valence-electron chi connectivity index (χ1n) is 5.10. The van der Waals surface area contributed by atoms with Gasteiger partial charge >= 0.3 is 7.12 Å². The van der Waals surface area contributed by atoms with Gasteiger partial charge in [-0.2, -0.15) is 0 Å². The number of hydrogen-bond donors (Lipinski definition) is 0. The highest BCUT2D eigenvalue weighted by Gasteiger charge is 2.42. The largest absolute Gasteiger partial charge is 0.563 e. The van der Waals surface area contributed by atoms with Gasteiger partial charge in [-0.3, -0.25) is 4.79 Å². The first kappa shape index (κ1) is 11.0. The van der Waals surface area contributed by atoms with Gasteiger partial charge in [-0.25, -0.2) is 0 Å². The molecule has 0 atom stereocenters. The Morgan fingerprint density at radius 2 is 2.19 bits per heavy atom. The van der Waals surface area contributed by atoms with E-state index in [1.54, 1.807) is 19.3 Å². The van der Waals surface area contributed by atoms with Gasteiger partial charge in [0.25, 0.3) is 0 Å². The van der Waals surface area contributed by atoms with E-state index in [1.165, 1.54) is 10.6 Å². The second-order valence-corrected chi connectivity index (χ2v) is 4.41. The molecule has 84 valence electrons. The second kappa shape index (κ2) is 3.52. The molecule has 0 radical (unpaired) electrons. The Morgan fingerprint density at radius 1 is 1.50 bits per heavy atom. The van der Waals surface area contributed by atoms with Crippen LogP contribution in [-0.2, 0) is 16.4 Å². The van der Waals surface area contributed by atoms with Gasteiger partial charge in [0, 0.05) is 24.8 Å². The van der Waals surface area contributed by atoms with Crippen LogP contribution in [0.5, 0.6) is 0 Å². The third kappa shape index (κ3) is 1.78. The highest BCUT2D eigenvalue weighted by atomic mass is 16.7. The number of aromatic nitrogens is 1. The SMILES string of the molecule is C=C1OB(c2ccn(C)c(=O)c2)OC1(C)C. The molecular weight excluding hydrogens is 205 g/mol. The second-order valence-electron chi connectivity index (χ2n) is 4.41. The van der Waals surface area contributed by atoms with Gasteiger partial charge in [0.05, 0.1) is 5.76 Å². The van der Waals surface area contributed by atoms with Crippen LogP contribution in [0.4, 0.5) is 0 Å². The molecule has 2 heterocycles. The molecule has 5 heteroatoms. The fraction of sp³-hybridized carbons (Fsp3) is 0.364. The Labute approximate surface area is 94.6 Å². The first-order valence-corrected chi connectivity index (χ1v) is 5.10. The summed E-state index contributed by atoms with van der Waals surface area (Å²) in [5, 5.41) is 0. The van der Waals surface area contributed by atoms with Crippen LogP contribution in [0.2, 0.25) is 0 Å². The van der Waals surface area contributed by atoms with Crippen molar-refractivity contribution in [2.45, 2.75) is 19.4 Å². The van der Waals surface area contributed by atoms with E-state index in [0.29, 0.717) is 5.76 Å². The van der Waals surface area contributed by atoms with Gasteiger partial charge in [-0.15, -0.1) is 0 Å². The van der Waals surface area contributed by atoms with E-state index < -0.39 is 12.7 Å². The minimum atomic E-state index is -0.531. The van der Waals surface area contributed by atoms with Crippen LogP contribution < -0.4 is 11.0 Å². The first-order chi connectivity index (χ1) is 7.40. The smallest absolute Gasteiger partial charge is 0.534 e. The summed E-state index contributed by atoms with van der Waals surface area (Å²) in [4.78, 5) is 11.5. The summed E-state index contributed by atoms with van der Waals surface area (Å²) in [6.07, 6.45) is 1.69. The average Bonchev–Trinajstić information content (AvgIpc) is 2.46. The van der Waals surface area contributed by atoms with E-state index in [-0.39, 0.29) is 5.56 Å². The number of aryl methyl sites for hydroxylation is 1. The normalized spacial score (nSPS) is 18.7. The highest BCUT2D eigenvalue weighted by molar-refractivity contribution is 6.62. The molecule has 0 unspecified atom stereocenters. The lowest BCUT2D eigenvalue weighted by molar-refractivity contribution is 0.173. The number of pyridine rings is 1. The Morgan fingerprint density at radius 3 is 2.69 bits per heavy atom. The van der Waals surface area contributed by atoms with Gasteiger partial charge in [0.1, 0.15) is 5.60 Å². The van der Waals surface area contributed by atoms with E-state index in [2.05, 4.69) is 6.58 Å². The van der Waals surface area contributed by atoms with Crippen LogP contribution >= 0.6 is 0 Å². The Bertz CT molecular complexity index is 492. The van der Waals surface area contributed by atoms with Crippen LogP contribution in [-0.4, -0.2) is 17.3 Å². The number of nitrogens with zero attached hydrogens (tertiary/aromatic N) is 1. The highest BCUT2D eigenvalue weighted by Crippen LogP contribution is 2.28. The van der Waals surface area contributed by atoms with Crippen molar-refractivity contribution in [1.29, 1.82) is 0 Å². The van der Waals surface area contributed by atoms with Crippen molar-refractivity contribution in [3.8, 4) is 0 Å². The fourth-order valence-corrected chi connectivity index (χ4v) is 1.48. The van der Waals surface area contributed by atoms with E-state index in [9.17, 15) is 4.79 Å². The van der Waals surface area contributed by atoms with E-state index in [1.807, 2.05) is 13.8 Å². The summed E-state index contributed by atoms with van der Waals surface area (Å²) >= 11 is 0. The van der Waals surface area contributed by atoms with Crippen LogP contribution in [0.3, 0.4) is 0 Å². The molecule has 1 fully saturated rings. The summed E-state index contributed by atoms with van der Waals surface area (Å²) in [6, 6.07) is 3.32. The van der Waals surface area contributed by atoms with Crippen LogP contribution in [0, 0.1) is 0 Å². The Balaban J connectivity index is 2.31. The molecule has 1 saturated heterocycles. The molecule has 1 aliphatic heterocycles. The average molecular weight is 219 g/mol. The summed E-state index contributed by atoms with van der Waals surface area (Å²) in [5.74, 6) is 0.582. The minimum Gasteiger partial charge on any atom is -0.534 e. The third-order valence-corrected chi connectivity index (χ3v) is 2.72. The summed E-state index contributed by atoms with van der Waals surface area (Å²) in [5.41, 5.74) is 0.126. The summed E-state index contributed by atoms with van der Waals surface area (Å²) in [6.45, 7) is 7.56. The van der Waals surface area contributed by atoms with Gasteiger partial charge in [-0.05, 0) is 19.9 Å². The van der Waals surface area contributed by atoms with E-state index in [0.717, 1.165) is 5.46 Å². The molecule has 0 spiro atoms. The molecule has 0 bridgehead atoms. The quantitative estimate of drug-likeness (QED) is 0.642. The van der Waals surface area contributed by atoms with Crippen molar-refractivity contribution in [1.82, 2.24) is 4.57 Å². The standard InChI is InChI=1S/C11H14BNO3/c1-8-11(2,3)16-12(15-8)9-5-6-13(4)10(14)7-9/h5-7H,1H2,2-4H3. The molecule has 4 nitrogen and oxygen atoms in total. The maximum absolute atomic E-state index is 11.5. The summed E-state index contributed by atoms with van der Waals surface area (Å²) in [7, 11) is 1.17. The van der Waals surface area contributed by atoms with Crippen LogP contribution in [0.25, 0.3) is 0 Å². The van der Waals surface area contributed by atoms with Gasteiger partial charge < -0.3 is 13.9 Å². The lowest BCUT2D eigenvalue weighted by Gasteiger charge is -2.15. The summed E-state index contributed by atoms with van der Waals surface area (Å²) < 4.78 is 12.7. The van der Waals surface area contributed by atoms with Crippen molar-refractivity contribution >= 4 is 12.6 Å². The third-order valence-electron chi connectivity index (χ3n) is 2.72. The molecule has 1 aromatic heterocycles. The molecular formula is C11H14BNO3. The van der Waals surface area contributed by atoms with Gasteiger partial charge in [-0.1, -0.05) is 6.58 Å². The van der Waals surface area contributed by atoms with Crippen molar-refractivity contribution in [2.24, 2.45) is 7.05 Å². The van der Waals surface area contributed by atoms with Crippen molar-refractivity contribution in [3.05, 3.63) is 41.0 Å². The zero-order valence-electron chi connectivity index (χ0n) is 9.69. The molecule has 0 aliphatic carbocycles. The van der Waals surface area contributed by atoms with E-state index in [4.69, 9.17) is 9.31 Å². The zero-order chi connectivity index (χ0) is 11.9. The Hall–Kier alpha value is -1.49. The fourth-order valence-electron chi connectivity index (χ4n) is 1.48. The Kier molecular flexibility index (Phi) is 2.42. The molecule has 1 aliphatic rings. The van der Waals surface area contributed by atoms with E-state index >= 15 is 0 Å². The monoisotopic (exact) mass is 219 g/mol. The van der Waals surface area contributed by atoms with Crippen LogP contribution in [0.1, 0.15) is 13.8 Å².